The maximum atomic E-state index is 12.3. The summed E-state index contributed by atoms with van der Waals surface area (Å²) in [6.07, 6.45) is 9.56. The Morgan fingerprint density at radius 3 is 2.77 bits per heavy atom. The molecular formula is C36H51ClN2O4S. The summed E-state index contributed by atoms with van der Waals surface area (Å²) in [5.41, 5.74) is 4.05. The van der Waals surface area contributed by atoms with Gasteiger partial charge in [-0.2, -0.15) is 0 Å². The van der Waals surface area contributed by atoms with Gasteiger partial charge in [0, 0.05) is 40.9 Å². The molecule has 2 aromatic carbocycles. The number of anilines is 1. The van der Waals surface area contributed by atoms with Gasteiger partial charge < -0.3 is 14.4 Å². The molecule has 44 heavy (non-hydrogen) atoms. The predicted molar refractivity (Wildman–Crippen MR) is 182 cm³/mol. The van der Waals surface area contributed by atoms with Gasteiger partial charge in [-0.25, -0.2) is 8.93 Å². The highest BCUT2D eigenvalue weighted by Crippen LogP contribution is 2.49. The quantitative estimate of drug-likeness (QED) is 0.229. The third-order valence-electron chi connectivity index (χ3n) is 11.0. The van der Waals surface area contributed by atoms with Crippen LogP contribution in [0.15, 0.2) is 36.4 Å². The summed E-state index contributed by atoms with van der Waals surface area (Å²) in [6.45, 7) is 11.8. The Labute approximate surface area is 272 Å². The fraction of sp³-hybridized carbons (Fsp3) is 0.639. The average molecular weight is 643 g/mol. The lowest BCUT2D eigenvalue weighted by Gasteiger charge is -2.51. The second-order valence-corrected chi connectivity index (χ2v) is 15.9. The van der Waals surface area contributed by atoms with E-state index in [1.807, 2.05) is 24.3 Å². The zero-order valence-corrected chi connectivity index (χ0v) is 28.8. The van der Waals surface area contributed by atoms with E-state index in [1.54, 1.807) is 7.05 Å². The second-order valence-electron chi connectivity index (χ2n) is 13.7. The molecule has 1 heterocycles. The summed E-state index contributed by atoms with van der Waals surface area (Å²) in [4.78, 5) is 14.4. The van der Waals surface area contributed by atoms with Crippen LogP contribution in [-0.4, -0.2) is 54.7 Å². The number of hydrogen-bond acceptors (Lipinski definition) is 5. The SMILES string of the molecule is CCOC(C)(CCCC(C)C(C)S(=O)NC)C1CCC1CN1C[C@@]2(CCCc3cc(Cl)ccc32)COc2ccc(C=O)cc21. The van der Waals surface area contributed by atoms with Gasteiger partial charge in [0.15, 0.2) is 0 Å². The van der Waals surface area contributed by atoms with Crippen molar-refractivity contribution in [2.24, 2.45) is 17.8 Å². The van der Waals surface area contributed by atoms with Crippen LogP contribution in [-0.2, 0) is 27.6 Å². The lowest BCUT2D eigenvalue weighted by molar-refractivity contribution is -0.120. The smallest absolute Gasteiger partial charge is 0.150 e. The van der Waals surface area contributed by atoms with Gasteiger partial charge in [0.25, 0.3) is 0 Å². The third-order valence-corrected chi connectivity index (χ3v) is 12.8. The van der Waals surface area contributed by atoms with E-state index in [1.165, 1.54) is 17.5 Å². The van der Waals surface area contributed by atoms with Crippen molar-refractivity contribution in [3.05, 3.63) is 58.1 Å². The van der Waals surface area contributed by atoms with Gasteiger partial charge in [-0.15, -0.1) is 0 Å². The first-order chi connectivity index (χ1) is 21.1. The summed E-state index contributed by atoms with van der Waals surface area (Å²) in [6, 6.07) is 12.2. The van der Waals surface area contributed by atoms with E-state index < -0.39 is 11.0 Å². The van der Waals surface area contributed by atoms with Crippen molar-refractivity contribution < 1.29 is 18.5 Å². The van der Waals surface area contributed by atoms with E-state index in [4.69, 9.17) is 21.1 Å². The molecule has 1 saturated carbocycles. The van der Waals surface area contributed by atoms with Crippen LogP contribution >= 0.6 is 11.6 Å². The van der Waals surface area contributed by atoms with Gasteiger partial charge in [0.2, 0.25) is 0 Å². The number of fused-ring (bicyclic) bond motifs is 3. The van der Waals surface area contributed by atoms with Crippen LogP contribution in [0.5, 0.6) is 5.75 Å². The number of aryl methyl sites for hydroxylation is 1. The molecule has 0 aromatic heterocycles. The maximum Gasteiger partial charge on any atom is 0.150 e. The molecule has 1 aliphatic heterocycles. The summed E-state index contributed by atoms with van der Waals surface area (Å²) < 4.78 is 28.4. The zero-order chi connectivity index (χ0) is 31.5. The molecule has 242 valence electrons. The standard InChI is InChI=1S/C36H51ClN2O4S/c1-6-43-35(4,17-7-9-25(2)26(3)44(41)38-5)31-14-12-29(31)21-39-23-36(18-8-10-28-20-30(37)13-15-32(28)36)24-42-34-16-11-27(22-40)19-33(34)39/h11,13,15-16,19-20,22,25-26,29,31,38H,6-10,12,14,17-18,21,23-24H2,1-5H3/t25?,26?,29?,31?,35?,36-,44?/m0/s1. The van der Waals surface area contributed by atoms with Crippen molar-refractivity contribution in [2.75, 3.05) is 38.3 Å². The highest BCUT2D eigenvalue weighted by molar-refractivity contribution is 7.83. The van der Waals surface area contributed by atoms with Crippen LogP contribution in [0.1, 0.15) is 94.1 Å². The summed E-state index contributed by atoms with van der Waals surface area (Å²) in [5.74, 6) is 2.17. The first-order valence-electron chi connectivity index (χ1n) is 16.6. The molecule has 0 saturated heterocycles. The molecular weight excluding hydrogens is 592 g/mol. The van der Waals surface area contributed by atoms with Crippen molar-refractivity contribution in [3.8, 4) is 5.75 Å². The minimum Gasteiger partial charge on any atom is -0.490 e. The zero-order valence-electron chi connectivity index (χ0n) is 27.2. The number of halogens is 1. The molecule has 6 unspecified atom stereocenters. The van der Waals surface area contributed by atoms with Gasteiger partial charge in [-0.1, -0.05) is 31.0 Å². The molecule has 1 spiro atoms. The van der Waals surface area contributed by atoms with Crippen molar-refractivity contribution in [1.29, 1.82) is 0 Å². The molecule has 2 aromatic rings. The van der Waals surface area contributed by atoms with Crippen molar-refractivity contribution in [3.63, 3.8) is 0 Å². The number of rotatable bonds is 13. The van der Waals surface area contributed by atoms with Gasteiger partial charge >= 0.3 is 0 Å². The number of carbonyl (C=O) groups excluding carboxylic acids is 1. The lowest BCUT2D eigenvalue weighted by Crippen LogP contribution is -2.53. The summed E-state index contributed by atoms with van der Waals surface area (Å²) in [7, 11) is 0.759. The van der Waals surface area contributed by atoms with Crippen LogP contribution in [0.25, 0.3) is 0 Å². The molecule has 1 N–H and O–H groups in total. The topological polar surface area (TPSA) is 67.9 Å². The number of benzene rings is 2. The van der Waals surface area contributed by atoms with Gasteiger partial charge in [0.1, 0.15) is 12.0 Å². The Kier molecular flexibility index (Phi) is 10.8. The molecule has 5 rings (SSSR count). The van der Waals surface area contributed by atoms with Crippen molar-refractivity contribution in [2.45, 2.75) is 95.3 Å². The normalized spacial score (nSPS) is 26.3. The van der Waals surface area contributed by atoms with Crippen LogP contribution in [0, 0.1) is 17.8 Å². The number of aldehydes is 1. The van der Waals surface area contributed by atoms with Gasteiger partial charge in [-0.05, 0) is 132 Å². The van der Waals surface area contributed by atoms with E-state index in [0.29, 0.717) is 36.5 Å². The van der Waals surface area contributed by atoms with Crippen molar-refractivity contribution >= 4 is 34.6 Å². The summed E-state index contributed by atoms with van der Waals surface area (Å²) >= 11 is 6.44. The number of carbonyl (C=O) groups is 1. The Morgan fingerprint density at radius 1 is 1.25 bits per heavy atom. The first kappa shape index (κ1) is 33.4. The second kappa shape index (κ2) is 14.2. The highest BCUT2D eigenvalue weighted by Gasteiger charge is 2.48. The van der Waals surface area contributed by atoms with Crippen LogP contribution in [0.4, 0.5) is 5.69 Å². The van der Waals surface area contributed by atoms with E-state index in [2.05, 4.69) is 49.4 Å². The molecule has 0 bridgehead atoms. The number of ether oxygens (including phenoxy) is 2. The molecule has 7 atom stereocenters. The highest BCUT2D eigenvalue weighted by atomic mass is 35.5. The Bertz CT molecular complexity index is 1340. The molecule has 6 nitrogen and oxygen atoms in total. The third kappa shape index (κ3) is 6.91. The minimum absolute atomic E-state index is 0.115. The molecule has 8 heteroatoms. The van der Waals surface area contributed by atoms with E-state index in [-0.39, 0.29) is 16.3 Å². The molecule has 0 amide bonds. The van der Waals surface area contributed by atoms with E-state index in [9.17, 15) is 9.00 Å². The largest absolute Gasteiger partial charge is 0.490 e. The van der Waals surface area contributed by atoms with Crippen LogP contribution < -0.4 is 14.4 Å². The molecule has 1 fully saturated rings. The Balaban J connectivity index is 1.38. The monoisotopic (exact) mass is 642 g/mol. The fourth-order valence-corrected chi connectivity index (χ4v) is 9.30. The van der Waals surface area contributed by atoms with Crippen LogP contribution in [0.3, 0.4) is 0 Å². The Hall–Kier alpha value is -1.93. The van der Waals surface area contributed by atoms with E-state index in [0.717, 1.165) is 80.8 Å². The summed E-state index contributed by atoms with van der Waals surface area (Å²) in [5, 5.41) is 0.905. The minimum atomic E-state index is -1.01. The van der Waals surface area contributed by atoms with Crippen LogP contribution in [0.2, 0.25) is 5.02 Å². The predicted octanol–water partition coefficient (Wildman–Crippen LogP) is 7.53. The van der Waals surface area contributed by atoms with Crippen molar-refractivity contribution in [1.82, 2.24) is 4.72 Å². The van der Waals surface area contributed by atoms with Gasteiger partial charge in [0.05, 0.1) is 28.9 Å². The number of hydrogen-bond donors (Lipinski definition) is 1. The Morgan fingerprint density at radius 2 is 2.07 bits per heavy atom. The van der Waals surface area contributed by atoms with E-state index >= 15 is 0 Å². The molecule has 0 radical (unpaired) electrons. The molecule has 2 aliphatic carbocycles. The average Bonchev–Trinajstić information content (AvgIpc) is 3.15. The maximum absolute atomic E-state index is 12.3. The lowest BCUT2D eigenvalue weighted by atomic mass is 9.63. The fourth-order valence-electron chi connectivity index (χ4n) is 8.18. The number of nitrogens with zero attached hydrogens (tertiary/aromatic N) is 1. The number of nitrogens with one attached hydrogen (secondary N) is 1. The molecule has 3 aliphatic rings. The van der Waals surface area contributed by atoms with Gasteiger partial charge in [-0.3, -0.25) is 4.79 Å². The first-order valence-corrected chi connectivity index (χ1v) is 18.2.